The van der Waals surface area contributed by atoms with Crippen LogP contribution in [-0.4, -0.2) is 22.5 Å². The van der Waals surface area contributed by atoms with Gasteiger partial charge in [-0.1, -0.05) is 39.3 Å². The zero-order chi connectivity index (χ0) is 16.0. The molecular formula is C16H25NO4. The van der Waals surface area contributed by atoms with Crippen LogP contribution in [0, 0.1) is 38.7 Å². The molecule has 2 aliphatic carbocycles. The van der Waals surface area contributed by atoms with Crippen molar-refractivity contribution in [2.45, 2.75) is 47.0 Å². The minimum Gasteiger partial charge on any atom is -0.481 e. The molecule has 5 nitrogen and oxygen atoms in total. The number of carboxylic acid groups (broad SMARTS) is 1. The molecule has 0 bridgehead atoms. The second-order valence-corrected chi connectivity index (χ2v) is 7.73. The van der Waals surface area contributed by atoms with Crippen LogP contribution in [0.1, 0.15) is 47.0 Å². The topological polar surface area (TPSA) is 80.4 Å². The Morgan fingerprint density at radius 3 is 2.62 bits per heavy atom. The summed E-state index contributed by atoms with van der Waals surface area (Å²) in [6.45, 7) is 7.47. The van der Waals surface area contributed by atoms with E-state index in [0.29, 0.717) is 12.3 Å². The van der Waals surface area contributed by atoms with Gasteiger partial charge in [-0.3, -0.25) is 14.9 Å². The molecule has 0 saturated heterocycles. The van der Waals surface area contributed by atoms with E-state index in [-0.39, 0.29) is 17.4 Å². The summed E-state index contributed by atoms with van der Waals surface area (Å²) in [6, 6.07) is 0. The van der Waals surface area contributed by atoms with Crippen molar-refractivity contribution >= 4 is 5.97 Å². The number of nitrogens with zero attached hydrogens (tertiary/aromatic N) is 1. The minimum absolute atomic E-state index is 0.0539. The first-order valence-electron chi connectivity index (χ1n) is 7.66. The smallest absolute Gasteiger partial charge is 0.307 e. The van der Waals surface area contributed by atoms with Gasteiger partial charge in [0.2, 0.25) is 6.54 Å². The van der Waals surface area contributed by atoms with Gasteiger partial charge in [0, 0.05) is 4.92 Å². The summed E-state index contributed by atoms with van der Waals surface area (Å²) < 4.78 is 0. The van der Waals surface area contributed by atoms with Gasteiger partial charge in [0.05, 0.1) is 11.3 Å². The number of nitro groups is 1. The number of carbonyl (C=O) groups is 1. The number of fused-ring (bicyclic) bond motifs is 1. The molecule has 0 aromatic heterocycles. The van der Waals surface area contributed by atoms with E-state index in [4.69, 9.17) is 0 Å². The highest BCUT2D eigenvalue weighted by Gasteiger charge is 2.65. The number of allylic oxidation sites excluding steroid dienone is 2. The average molecular weight is 295 g/mol. The fourth-order valence-electron chi connectivity index (χ4n) is 4.77. The third-order valence-corrected chi connectivity index (χ3v) is 5.32. The molecule has 0 aromatic rings. The van der Waals surface area contributed by atoms with Crippen molar-refractivity contribution in [3.63, 3.8) is 0 Å². The van der Waals surface area contributed by atoms with Gasteiger partial charge in [-0.15, -0.1) is 0 Å². The van der Waals surface area contributed by atoms with Crippen molar-refractivity contribution in [3.8, 4) is 0 Å². The molecule has 4 atom stereocenters. The number of carboxylic acids is 1. The Hall–Kier alpha value is -1.39. The van der Waals surface area contributed by atoms with Crippen LogP contribution in [0.15, 0.2) is 11.6 Å². The highest BCUT2D eigenvalue weighted by molar-refractivity contribution is 5.72. The van der Waals surface area contributed by atoms with Crippen LogP contribution in [0.25, 0.3) is 0 Å². The summed E-state index contributed by atoms with van der Waals surface area (Å²) in [5, 5.41) is 20.9. The van der Waals surface area contributed by atoms with Crippen LogP contribution < -0.4 is 0 Å². The lowest BCUT2D eigenvalue weighted by Gasteiger charge is -2.55. The van der Waals surface area contributed by atoms with E-state index in [1.165, 1.54) is 5.57 Å². The molecular weight excluding hydrogens is 270 g/mol. The third kappa shape index (κ3) is 2.58. The molecule has 1 unspecified atom stereocenters. The quantitative estimate of drug-likeness (QED) is 0.479. The standard InChI is InChI=1S/C16H25NO4/c1-5-10-6-11-8-16(9-17(20)21,12(11)7-10)13(14(18)19)15(2,3)4/h7,11-13H,5-6,8-9H2,1-4H3,(H,18,19)/t11-,12-,13?,16+/m0/s1. The van der Waals surface area contributed by atoms with Crippen molar-refractivity contribution in [1.29, 1.82) is 0 Å². The lowest BCUT2D eigenvalue weighted by atomic mass is 9.46. The molecule has 1 N–H and O–H groups in total. The molecule has 118 valence electrons. The highest BCUT2D eigenvalue weighted by Crippen LogP contribution is 2.64. The zero-order valence-corrected chi connectivity index (χ0v) is 13.3. The van der Waals surface area contributed by atoms with Crippen molar-refractivity contribution in [3.05, 3.63) is 21.8 Å². The Balaban J connectivity index is 2.42. The summed E-state index contributed by atoms with van der Waals surface area (Å²) in [5.41, 5.74) is 0.110. The van der Waals surface area contributed by atoms with Crippen LogP contribution in [0.4, 0.5) is 0 Å². The first-order chi connectivity index (χ1) is 9.61. The molecule has 2 aliphatic rings. The monoisotopic (exact) mass is 295 g/mol. The van der Waals surface area contributed by atoms with Crippen molar-refractivity contribution in [2.75, 3.05) is 6.54 Å². The summed E-state index contributed by atoms with van der Waals surface area (Å²) in [6.07, 6.45) is 4.73. The number of hydrogen-bond donors (Lipinski definition) is 1. The van der Waals surface area contributed by atoms with E-state index in [0.717, 1.165) is 12.8 Å². The first-order valence-corrected chi connectivity index (χ1v) is 7.66. The van der Waals surface area contributed by atoms with Gasteiger partial charge in [0.1, 0.15) is 0 Å². The van der Waals surface area contributed by atoms with Crippen molar-refractivity contribution in [2.24, 2.45) is 28.6 Å². The van der Waals surface area contributed by atoms with Crippen LogP contribution in [0.2, 0.25) is 0 Å². The zero-order valence-electron chi connectivity index (χ0n) is 13.3. The minimum atomic E-state index is -0.902. The molecule has 2 rings (SSSR count). The summed E-state index contributed by atoms with van der Waals surface area (Å²) in [4.78, 5) is 22.7. The molecule has 0 spiro atoms. The van der Waals surface area contributed by atoms with Gasteiger partial charge in [-0.05, 0) is 36.5 Å². The summed E-state index contributed by atoms with van der Waals surface area (Å²) >= 11 is 0. The van der Waals surface area contributed by atoms with E-state index in [9.17, 15) is 20.0 Å². The van der Waals surface area contributed by atoms with E-state index >= 15 is 0 Å². The third-order valence-electron chi connectivity index (χ3n) is 5.32. The maximum atomic E-state index is 11.9. The lowest BCUT2D eigenvalue weighted by molar-refractivity contribution is -0.510. The van der Waals surface area contributed by atoms with E-state index in [1.807, 2.05) is 20.8 Å². The van der Waals surface area contributed by atoms with Crippen molar-refractivity contribution < 1.29 is 14.8 Å². The van der Waals surface area contributed by atoms with Gasteiger partial charge in [0.15, 0.2) is 0 Å². The Bertz CT molecular complexity index is 491. The molecule has 0 amide bonds. The van der Waals surface area contributed by atoms with E-state index < -0.39 is 22.7 Å². The number of hydrogen-bond acceptors (Lipinski definition) is 3. The average Bonchev–Trinajstić information content (AvgIpc) is 2.63. The fourth-order valence-corrected chi connectivity index (χ4v) is 4.77. The first kappa shape index (κ1) is 16.0. The fraction of sp³-hybridized carbons (Fsp3) is 0.812. The molecule has 0 radical (unpaired) electrons. The molecule has 1 fully saturated rings. The predicted molar refractivity (Wildman–Crippen MR) is 79.5 cm³/mol. The second kappa shape index (κ2) is 5.11. The Kier molecular flexibility index (Phi) is 3.89. The Morgan fingerprint density at radius 2 is 2.19 bits per heavy atom. The number of rotatable bonds is 5. The van der Waals surface area contributed by atoms with E-state index in [2.05, 4.69) is 13.0 Å². The summed E-state index contributed by atoms with van der Waals surface area (Å²) in [7, 11) is 0. The lowest BCUT2D eigenvalue weighted by Crippen LogP contribution is -2.59. The maximum absolute atomic E-state index is 11.9. The largest absolute Gasteiger partial charge is 0.481 e. The van der Waals surface area contributed by atoms with Gasteiger partial charge in [0.25, 0.3) is 0 Å². The van der Waals surface area contributed by atoms with Crippen LogP contribution in [0.3, 0.4) is 0 Å². The molecule has 0 aliphatic heterocycles. The Labute approximate surface area is 125 Å². The van der Waals surface area contributed by atoms with E-state index in [1.54, 1.807) is 0 Å². The summed E-state index contributed by atoms with van der Waals surface area (Å²) in [5.74, 6) is -1.13. The molecule has 21 heavy (non-hydrogen) atoms. The van der Waals surface area contributed by atoms with Gasteiger partial charge >= 0.3 is 5.97 Å². The highest BCUT2D eigenvalue weighted by atomic mass is 16.6. The van der Waals surface area contributed by atoms with Gasteiger partial charge in [-0.2, -0.15) is 0 Å². The SMILES string of the molecule is CCC1=C[C@H]2[C@@H](C1)C[C@]2(C[N+](=O)[O-])C(C(=O)O)C(C)(C)C. The number of aliphatic carboxylic acids is 1. The maximum Gasteiger partial charge on any atom is 0.307 e. The van der Waals surface area contributed by atoms with Crippen molar-refractivity contribution in [1.82, 2.24) is 0 Å². The van der Waals surface area contributed by atoms with Crippen LogP contribution in [0.5, 0.6) is 0 Å². The predicted octanol–water partition coefficient (Wildman–Crippen LogP) is 3.37. The molecule has 0 heterocycles. The Morgan fingerprint density at radius 1 is 1.57 bits per heavy atom. The van der Waals surface area contributed by atoms with Crippen LogP contribution in [-0.2, 0) is 4.79 Å². The normalized spacial score (nSPS) is 32.9. The van der Waals surface area contributed by atoms with Gasteiger partial charge in [-0.25, -0.2) is 0 Å². The van der Waals surface area contributed by atoms with Crippen LogP contribution >= 0.6 is 0 Å². The molecule has 5 heteroatoms. The van der Waals surface area contributed by atoms with Gasteiger partial charge < -0.3 is 5.11 Å². The molecule has 0 aromatic carbocycles. The molecule has 1 saturated carbocycles. The second-order valence-electron chi connectivity index (χ2n) is 7.73.